The Balaban J connectivity index is 1.92. The number of benzene rings is 1. The monoisotopic (exact) mass is 419 g/mol. The second-order valence-electron chi connectivity index (χ2n) is 7.56. The van der Waals surface area contributed by atoms with Gasteiger partial charge in [-0.2, -0.15) is 0 Å². The van der Waals surface area contributed by atoms with Crippen LogP contribution < -0.4 is 11.1 Å². The van der Waals surface area contributed by atoms with E-state index >= 15 is 0 Å². The topological polar surface area (TPSA) is 111 Å². The molecule has 30 heavy (non-hydrogen) atoms. The van der Waals surface area contributed by atoms with Gasteiger partial charge in [0.15, 0.2) is 0 Å². The third kappa shape index (κ3) is 6.64. The number of ether oxygens (including phenoxy) is 2. The maximum Gasteiger partial charge on any atom is 0.411 e. The molecule has 3 N–H and O–H groups in total. The number of nitrogens with zero attached hydrogens (tertiary/aromatic N) is 1. The summed E-state index contributed by atoms with van der Waals surface area (Å²) in [5.74, 6) is -0.538. The Morgan fingerprint density at radius 2 is 1.90 bits per heavy atom. The summed E-state index contributed by atoms with van der Waals surface area (Å²) >= 11 is 0. The number of piperidine rings is 1. The number of alkyl carbamates (subject to hydrolysis) is 1. The van der Waals surface area contributed by atoms with Crippen LogP contribution in [0.4, 0.5) is 9.59 Å². The molecule has 1 aliphatic rings. The van der Waals surface area contributed by atoms with Gasteiger partial charge in [-0.3, -0.25) is 9.69 Å². The van der Waals surface area contributed by atoms with E-state index in [0.717, 1.165) is 31.2 Å². The van der Waals surface area contributed by atoms with Gasteiger partial charge in [-0.25, -0.2) is 9.59 Å². The minimum atomic E-state index is -1.10. The number of likely N-dealkylation sites (tertiary alicyclic amines) is 1. The van der Waals surface area contributed by atoms with Crippen LogP contribution in [-0.4, -0.2) is 48.2 Å². The van der Waals surface area contributed by atoms with E-state index in [0.29, 0.717) is 39.0 Å². The number of nitrogens with two attached hydrogens (primary N) is 1. The van der Waals surface area contributed by atoms with E-state index < -0.39 is 23.6 Å². The highest BCUT2D eigenvalue weighted by Gasteiger charge is 2.46. The molecule has 1 aliphatic heterocycles. The molecule has 1 fully saturated rings. The van der Waals surface area contributed by atoms with Crippen molar-refractivity contribution < 1.29 is 23.9 Å². The highest BCUT2D eigenvalue weighted by atomic mass is 16.6. The Morgan fingerprint density at radius 3 is 2.60 bits per heavy atom. The van der Waals surface area contributed by atoms with Crippen LogP contribution in [0.3, 0.4) is 0 Å². The van der Waals surface area contributed by atoms with Gasteiger partial charge >= 0.3 is 12.2 Å². The molecule has 0 saturated carbocycles. The lowest BCUT2D eigenvalue weighted by Crippen LogP contribution is -2.62. The molecule has 1 aromatic rings. The number of amides is 3. The first-order valence-corrected chi connectivity index (χ1v) is 10.7. The molecular formula is C22H33N3O5. The summed E-state index contributed by atoms with van der Waals surface area (Å²) in [6, 6.07) is 9.38. The van der Waals surface area contributed by atoms with Gasteiger partial charge in [0.25, 0.3) is 0 Å². The summed E-state index contributed by atoms with van der Waals surface area (Å²) in [5, 5.41) is 2.68. The first-order chi connectivity index (χ1) is 14.5. The van der Waals surface area contributed by atoms with Gasteiger partial charge in [0, 0.05) is 13.1 Å². The van der Waals surface area contributed by atoms with Gasteiger partial charge in [0.2, 0.25) is 5.91 Å². The van der Waals surface area contributed by atoms with Crippen LogP contribution in [0, 0.1) is 0 Å². The second kappa shape index (κ2) is 12.0. The lowest BCUT2D eigenvalue weighted by molar-refractivity contribution is -0.132. The molecule has 1 atom stereocenters. The average molecular weight is 420 g/mol. The molecule has 3 amide bonds. The predicted molar refractivity (Wildman–Crippen MR) is 113 cm³/mol. The van der Waals surface area contributed by atoms with Gasteiger partial charge in [-0.1, -0.05) is 43.7 Å². The van der Waals surface area contributed by atoms with Gasteiger partial charge in [-0.15, -0.1) is 0 Å². The lowest BCUT2D eigenvalue weighted by Gasteiger charge is -2.44. The van der Waals surface area contributed by atoms with E-state index in [1.807, 2.05) is 37.3 Å². The first kappa shape index (κ1) is 23.5. The highest BCUT2D eigenvalue weighted by Crippen LogP contribution is 2.33. The molecule has 1 saturated heterocycles. The average Bonchev–Trinajstić information content (AvgIpc) is 2.76. The van der Waals surface area contributed by atoms with Crippen molar-refractivity contribution in [1.29, 1.82) is 0 Å². The first-order valence-electron chi connectivity index (χ1n) is 10.7. The third-order valence-electron chi connectivity index (χ3n) is 5.39. The van der Waals surface area contributed by atoms with Crippen LogP contribution in [0.25, 0.3) is 0 Å². The fourth-order valence-corrected chi connectivity index (χ4v) is 3.67. The zero-order valence-corrected chi connectivity index (χ0v) is 17.7. The van der Waals surface area contributed by atoms with Crippen LogP contribution >= 0.6 is 0 Å². The fourth-order valence-electron chi connectivity index (χ4n) is 3.67. The summed E-state index contributed by atoms with van der Waals surface area (Å²) in [5.41, 5.74) is 5.54. The molecule has 0 spiro atoms. The molecule has 8 heteroatoms. The van der Waals surface area contributed by atoms with Crippen molar-refractivity contribution in [3.05, 3.63) is 35.9 Å². The summed E-state index contributed by atoms with van der Waals surface area (Å²) in [4.78, 5) is 38.4. The van der Waals surface area contributed by atoms with E-state index in [-0.39, 0.29) is 6.61 Å². The van der Waals surface area contributed by atoms with Gasteiger partial charge in [-0.05, 0) is 44.1 Å². The van der Waals surface area contributed by atoms with Gasteiger partial charge in [0.1, 0.15) is 12.1 Å². The molecule has 0 aliphatic carbocycles. The van der Waals surface area contributed by atoms with E-state index in [1.54, 1.807) is 0 Å². The number of carbonyl (C=O) groups is 3. The molecule has 0 aromatic heterocycles. The molecule has 2 rings (SSSR count). The Morgan fingerprint density at radius 1 is 1.13 bits per heavy atom. The van der Waals surface area contributed by atoms with Crippen LogP contribution in [0.1, 0.15) is 57.4 Å². The van der Waals surface area contributed by atoms with Crippen molar-refractivity contribution in [3.8, 4) is 0 Å². The second-order valence-corrected chi connectivity index (χ2v) is 7.56. The number of rotatable bonds is 10. The van der Waals surface area contributed by atoms with Gasteiger partial charge in [0.05, 0.1) is 6.61 Å². The number of nitrogens with one attached hydrogen (secondary N) is 1. The standard InChI is InChI=1S/C22H33N3O5/c1-2-3-16-29-20(27)24-14-9-13-22(19(23)26)12-7-8-15-25(22)21(28)30-17-18-10-5-4-6-11-18/h4-6,10-11H,2-3,7-9,12-17H2,1H3,(H2,23,26)(H,24,27). The van der Waals surface area contributed by atoms with Crippen molar-refractivity contribution in [2.75, 3.05) is 19.7 Å². The Bertz CT molecular complexity index is 697. The number of unbranched alkanes of at least 4 members (excludes halogenated alkanes) is 1. The van der Waals surface area contributed by atoms with E-state index in [1.165, 1.54) is 4.90 Å². The maximum absolute atomic E-state index is 12.8. The lowest BCUT2D eigenvalue weighted by atomic mass is 9.82. The number of carbonyl (C=O) groups excluding carboxylic acids is 3. The van der Waals surface area contributed by atoms with E-state index in [4.69, 9.17) is 15.2 Å². The Hall–Kier alpha value is -2.77. The molecule has 1 heterocycles. The van der Waals surface area contributed by atoms with E-state index in [9.17, 15) is 14.4 Å². The van der Waals surface area contributed by atoms with Crippen molar-refractivity contribution >= 4 is 18.1 Å². The third-order valence-corrected chi connectivity index (χ3v) is 5.39. The normalized spacial score (nSPS) is 18.5. The molecule has 8 nitrogen and oxygen atoms in total. The van der Waals surface area contributed by atoms with Crippen LogP contribution in [0.15, 0.2) is 30.3 Å². The number of hydrogen-bond acceptors (Lipinski definition) is 5. The van der Waals surface area contributed by atoms with E-state index in [2.05, 4.69) is 5.32 Å². The predicted octanol–water partition coefficient (Wildman–Crippen LogP) is 3.34. The molecule has 0 radical (unpaired) electrons. The number of primary amides is 1. The minimum Gasteiger partial charge on any atom is -0.450 e. The molecule has 1 aromatic carbocycles. The van der Waals surface area contributed by atoms with Gasteiger partial charge < -0.3 is 20.5 Å². The highest BCUT2D eigenvalue weighted by molar-refractivity contribution is 5.89. The molecule has 1 unspecified atom stereocenters. The minimum absolute atomic E-state index is 0.135. The van der Waals surface area contributed by atoms with Crippen molar-refractivity contribution in [2.45, 2.75) is 64.0 Å². The summed E-state index contributed by atoms with van der Waals surface area (Å²) in [6.07, 6.45) is 3.69. The smallest absolute Gasteiger partial charge is 0.411 e. The summed E-state index contributed by atoms with van der Waals surface area (Å²) in [7, 11) is 0. The fraction of sp³-hybridized carbons (Fsp3) is 0.591. The zero-order chi connectivity index (χ0) is 21.8. The zero-order valence-electron chi connectivity index (χ0n) is 17.7. The molecular weight excluding hydrogens is 386 g/mol. The van der Waals surface area contributed by atoms with Crippen LogP contribution in [-0.2, 0) is 20.9 Å². The Kier molecular flexibility index (Phi) is 9.44. The van der Waals surface area contributed by atoms with Crippen molar-refractivity contribution in [2.24, 2.45) is 5.73 Å². The maximum atomic E-state index is 12.8. The quantitative estimate of drug-likeness (QED) is 0.565. The van der Waals surface area contributed by atoms with Crippen molar-refractivity contribution in [1.82, 2.24) is 10.2 Å². The largest absolute Gasteiger partial charge is 0.450 e. The summed E-state index contributed by atoms with van der Waals surface area (Å²) < 4.78 is 10.5. The summed E-state index contributed by atoms with van der Waals surface area (Å²) in [6.45, 7) is 3.30. The SMILES string of the molecule is CCCCOC(=O)NCCCC1(C(N)=O)CCCCN1C(=O)OCc1ccccc1. The molecule has 0 bridgehead atoms. The molecule has 166 valence electrons. The Labute approximate surface area is 178 Å². The van der Waals surface area contributed by atoms with Crippen LogP contribution in [0.2, 0.25) is 0 Å². The number of hydrogen-bond donors (Lipinski definition) is 2. The van der Waals surface area contributed by atoms with Crippen LogP contribution in [0.5, 0.6) is 0 Å². The van der Waals surface area contributed by atoms with Crippen molar-refractivity contribution in [3.63, 3.8) is 0 Å².